The first kappa shape index (κ1) is 18.5. The van der Waals surface area contributed by atoms with Gasteiger partial charge in [0.05, 0.1) is 0 Å². The molecular weight excluding hydrogens is 318 g/mol. The van der Waals surface area contributed by atoms with E-state index in [0.717, 1.165) is 43.7 Å². The number of hydrogen-bond acceptors (Lipinski definition) is 2. The number of pyridine rings is 1. The first-order valence-electron chi connectivity index (χ1n) is 10.1. The molecule has 0 amide bonds. The predicted octanol–water partition coefficient (Wildman–Crippen LogP) is 6.49. The molecule has 3 heteroatoms. The maximum atomic E-state index is 4.94. The molecule has 0 radical (unpaired) electrons. The highest BCUT2D eigenvalue weighted by Crippen LogP contribution is 2.28. The second-order valence-electron chi connectivity index (χ2n) is 7.05. The van der Waals surface area contributed by atoms with Gasteiger partial charge in [-0.3, -0.25) is 0 Å². The lowest BCUT2D eigenvalue weighted by Gasteiger charge is -2.16. The Hall–Kier alpha value is -2.29. The molecule has 138 valence electrons. The van der Waals surface area contributed by atoms with Crippen molar-refractivity contribution in [3.05, 3.63) is 53.7 Å². The predicted molar refractivity (Wildman–Crippen MR) is 112 cm³/mol. The fraction of sp³-hybridized carbons (Fsp3) is 0.435. The summed E-state index contributed by atoms with van der Waals surface area (Å²) in [6.07, 6.45) is 9.02. The summed E-state index contributed by atoms with van der Waals surface area (Å²) in [4.78, 5) is 4.94. The average molecular weight is 350 g/mol. The summed E-state index contributed by atoms with van der Waals surface area (Å²) in [5.41, 5.74) is 5.12. The topological polar surface area (TPSA) is 29.9 Å². The molecule has 0 atom stereocenters. The Labute approximate surface area is 157 Å². The van der Waals surface area contributed by atoms with Crippen LogP contribution in [0.4, 0.5) is 11.5 Å². The minimum atomic E-state index is 0.940. The molecule has 0 saturated heterocycles. The number of nitrogens with one attached hydrogen (secondary N) is 1. The Morgan fingerprint density at radius 1 is 0.885 bits per heavy atom. The molecule has 0 aliphatic carbocycles. The molecule has 0 fully saturated rings. The van der Waals surface area contributed by atoms with Gasteiger partial charge in [0.15, 0.2) is 0 Å². The van der Waals surface area contributed by atoms with Crippen LogP contribution in [0.25, 0.3) is 11.0 Å². The van der Waals surface area contributed by atoms with Crippen LogP contribution in [0.3, 0.4) is 0 Å². The molecule has 3 aromatic rings. The molecule has 0 unspecified atom stereocenters. The molecule has 0 spiro atoms. The van der Waals surface area contributed by atoms with Gasteiger partial charge >= 0.3 is 0 Å². The van der Waals surface area contributed by atoms with Crippen molar-refractivity contribution in [1.29, 1.82) is 0 Å². The highest BCUT2D eigenvalue weighted by molar-refractivity contribution is 5.79. The largest absolute Gasteiger partial charge is 0.340 e. The maximum absolute atomic E-state index is 4.94. The van der Waals surface area contributed by atoms with Gasteiger partial charge in [-0.05, 0) is 48.6 Å². The molecule has 26 heavy (non-hydrogen) atoms. The minimum absolute atomic E-state index is 0.940. The SMILES string of the molecule is CCCCn1ccc2ccc(Nc3c(CCC)cccc3CCC)nc21. The molecule has 1 N–H and O–H groups in total. The number of nitrogens with zero attached hydrogens (tertiary/aromatic N) is 2. The van der Waals surface area contributed by atoms with Crippen molar-refractivity contribution in [3.63, 3.8) is 0 Å². The molecule has 0 aliphatic heterocycles. The third-order valence-electron chi connectivity index (χ3n) is 4.89. The highest BCUT2D eigenvalue weighted by Gasteiger charge is 2.10. The van der Waals surface area contributed by atoms with E-state index in [1.54, 1.807) is 0 Å². The van der Waals surface area contributed by atoms with Gasteiger partial charge in [-0.25, -0.2) is 4.98 Å². The fourth-order valence-electron chi connectivity index (χ4n) is 3.54. The number of anilines is 2. The smallest absolute Gasteiger partial charge is 0.142 e. The zero-order valence-electron chi connectivity index (χ0n) is 16.4. The van der Waals surface area contributed by atoms with E-state index in [0.29, 0.717) is 0 Å². The van der Waals surface area contributed by atoms with Crippen LogP contribution in [0.1, 0.15) is 57.6 Å². The number of benzene rings is 1. The van der Waals surface area contributed by atoms with Crippen molar-refractivity contribution < 1.29 is 0 Å². The molecule has 2 aromatic heterocycles. The van der Waals surface area contributed by atoms with Gasteiger partial charge < -0.3 is 9.88 Å². The van der Waals surface area contributed by atoms with E-state index >= 15 is 0 Å². The number of aromatic nitrogens is 2. The van der Waals surface area contributed by atoms with Crippen LogP contribution in [0.5, 0.6) is 0 Å². The van der Waals surface area contributed by atoms with E-state index in [9.17, 15) is 0 Å². The third-order valence-corrected chi connectivity index (χ3v) is 4.89. The van der Waals surface area contributed by atoms with E-state index in [2.05, 4.69) is 73.3 Å². The van der Waals surface area contributed by atoms with Crippen molar-refractivity contribution in [2.45, 2.75) is 65.8 Å². The zero-order valence-corrected chi connectivity index (χ0v) is 16.4. The van der Waals surface area contributed by atoms with Gasteiger partial charge in [0, 0.05) is 23.8 Å². The standard InChI is InChI=1S/C23H31N3/c1-4-7-16-26-17-15-20-13-14-21(25-23(20)26)24-22-18(9-5-2)11-8-12-19(22)10-6-3/h8,11-15,17H,4-7,9-10,16H2,1-3H3,(H,24,25). The van der Waals surface area contributed by atoms with E-state index in [1.165, 1.54) is 35.0 Å². The number of unbranched alkanes of at least 4 members (excludes halogenated alkanes) is 1. The summed E-state index contributed by atoms with van der Waals surface area (Å²) < 4.78 is 2.27. The Morgan fingerprint density at radius 2 is 1.62 bits per heavy atom. The van der Waals surface area contributed by atoms with Crippen LogP contribution in [-0.2, 0) is 19.4 Å². The molecule has 0 aliphatic rings. The lowest BCUT2D eigenvalue weighted by Crippen LogP contribution is -2.04. The molecule has 0 bridgehead atoms. The van der Waals surface area contributed by atoms with Crippen LogP contribution in [0, 0.1) is 0 Å². The molecular formula is C23H31N3. The molecule has 3 nitrogen and oxygen atoms in total. The van der Waals surface area contributed by atoms with Crippen molar-refractivity contribution >= 4 is 22.5 Å². The van der Waals surface area contributed by atoms with E-state index in [4.69, 9.17) is 4.98 Å². The van der Waals surface area contributed by atoms with Crippen molar-refractivity contribution in [1.82, 2.24) is 9.55 Å². The first-order valence-corrected chi connectivity index (χ1v) is 10.1. The average Bonchev–Trinajstić information content (AvgIpc) is 3.05. The summed E-state index contributed by atoms with van der Waals surface area (Å²) in [5.74, 6) is 0.940. The van der Waals surface area contributed by atoms with Gasteiger partial charge in [0.1, 0.15) is 11.5 Å². The first-order chi connectivity index (χ1) is 12.8. The fourth-order valence-corrected chi connectivity index (χ4v) is 3.54. The quantitative estimate of drug-likeness (QED) is 0.479. The van der Waals surface area contributed by atoms with E-state index < -0.39 is 0 Å². The monoisotopic (exact) mass is 349 g/mol. The van der Waals surface area contributed by atoms with E-state index in [1.807, 2.05) is 0 Å². The van der Waals surface area contributed by atoms with Crippen molar-refractivity contribution in [2.75, 3.05) is 5.32 Å². The van der Waals surface area contributed by atoms with E-state index in [-0.39, 0.29) is 0 Å². The normalized spacial score (nSPS) is 11.2. The highest BCUT2D eigenvalue weighted by atomic mass is 15.1. The number of hydrogen-bond donors (Lipinski definition) is 1. The van der Waals surface area contributed by atoms with Gasteiger partial charge in [0.2, 0.25) is 0 Å². The number of fused-ring (bicyclic) bond motifs is 1. The second kappa shape index (κ2) is 8.88. The van der Waals surface area contributed by atoms with Gasteiger partial charge in [0.25, 0.3) is 0 Å². The Kier molecular flexibility index (Phi) is 6.32. The number of aryl methyl sites for hydroxylation is 3. The number of rotatable bonds is 9. The Bertz CT molecular complexity index is 824. The number of para-hydroxylation sites is 1. The molecule has 3 rings (SSSR count). The van der Waals surface area contributed by atoms with Crippen molar-refractivity contribution in [3.8, 4) is 0 Å². The summed E-state index contributed by atoms with van der Waals surface area (Å²) in [7, 11) is 0. The Balaban J connectivity index is 1.95. The third kappa shape index (κ3) is 4.09. The van der Waals surface area contributed by atoms with Crippen molar-refractivity contribution in [2.24, 2.45) is 0 Å². The van der Waals surface area contributed by atoms with Crippen LogP contribution >= 0.6 is 0 Å². The van der Waals surface area contributed by atoms with Crippen LogP contribution in [-0.4, -0.2) is 9.55 Å². The summed E-state index contributed by atoms with van der Waals surface area (Å²) in [6.45, 7) is 7.73. The lowest BCUT2D eigenvalue weighted by molar-refractivity contribution is 0.646. The van der Waals surface area contributed by atoms with Crippen LogP contribution in [0.15, 0.2) is 42.6 Å². The summed E-state index contributed by atoms with van der Waals surface area (Å²) >= 11 is 0. The zero-order chi connectivity index (χ0) is 18.4. The maximum Gasteiger partial charge on any atom is 0.142 e. The van der Waals surface area contributed by atoms with Gasteiger partial charge in [-0.2, -0.15) is 0 Å². The molecule has 0 saturated carbocycles. The molecule has 2 heterocycles. The second-order valence-corrected chi connectivity index (χ2v) is 7.05. The minimum Gasteiger partial charge on any atom is -0.340 e. The van der Waals surface area contributed by atoms with Gasteiger partial charge in [-0.15, -0.1) is 0 Å². The lowest BCUT2D eigenvalue weighted by atomic mass is 10.00. The van der Waals surface area contributed by atoms with Crippen LogP contribution in [0.2, 0.25) is 0 Å². The van der Waals surface area contributed by atoms with Crippen LogP contribution < -0.4 is 5.32 Å². The summed E-state index contributed by atoms with van der Waals surface area (Å²) in [5, 5.41) is 4.86. The van der Waals surface area contributed by atoms with Gasteiger partial charge in [-0.1, -0.05) is 58.2 Å². The summed E-state index contributed by atoms with van der Waals surface area (Å²) in [6, 6.07) is 13.1. The molecule has 1 aromatic carbocycles. The Morgan fingerprint density at radius 3 is 2.27 bits per heavy atom.